The van der Waals surface area contributed by atoms with Crippen molar-refractivity contribution in [1.29, 1.82) is 5.41 Å². The first kappa shape index (κ1) is 33.0. The van der Waals surface area contributed by atoms with Crippen molar-refractivity contribution >= 4 is 61.5 Å². The molecule has 0 bridgehead atoms. The van der Waals surface area contributed by atoms with E-state index >= 15 is 0 Å². The summed E-state index contributed by atoms with van der Waals surface area (Å²) in [4.78, 5) is 9.50. The molecule has 0 aliphatic heterocycles. The molecule has 0 amide bonds. The van der Waals surface area contributed by atoms with E-state index in [9.17, 15) is 0 Å². The summed E-state index contributed by atoms with van der Waals surface area (Å²) in [7, 11) is 0. The molecule has 0 saturated heterocycles. The van der Waals surface area contributed by atoms with Crippen LogP contribution in [0.1, 0.15) is 16.7 Å². The Hall–Kier alpha value is -7.63. The first-order valence-electron chi connectivity index (χ1n) is 18.7. The van der Waals surface area contributed by atoms with Gasteiger partial charge in [0.25, 0.3) is 0 Å². The van der Waals surface area contributed by atoms with Gasteiger partial charge >= 0.3 is 0 Å². The maximum absolute atomic E-state index is 8.75. The van der Waals surface area contributed by atoms with Crippen molar-refractivity contribution in [1.82, 2.24) is 9.13 Å². The van der Waals surface area contributed by atoms with E-state index in [0.717, 1.165) is 39.1 Å². The Morgan fingerprint density at radius 2 is 0.875 bits per heavy atom. The van der Waals surface area contributed by atoms with E-state index in [-0.39, 0.29) is 5.84 Å². The maximum Gasteiger partial charge on any atom is 0.161 e. The third-order valence-electron chi connectivity index (χ3n) is 10.5. The Balaban J connectivity index is 1.05. The summed E-state index contributed by atoms with van der Waals surface area (Å²) in [6, 6.07) is 69.4. The molecule has 5 nitrogen and oxygen atoms in total. The van der Waals surface area contributed by atoms with Crippen LogP contribution in [0.2, 0.25) is 0 Å². The van der Waals surface area contributed by atoms with Gasteiger partial charge in [0, 0.05) is 50.3 Å². The second-order valence-corrected chi connectivity index (χ2v) is 13.9. The van der Waals surface area contributed by atoms with Crippen molar-refractivity contribution in [3.63, 3.8) is 0 Å². The molecule has 10 aromatic rings. The molecular formula is C51H35N5. The van der Waals surface area contributed by atoms with Crippen LogP contribution in [-0.4, -0.2) is 27.0 Å². The standard InChI is InChI=1S/C51H35N5/c52-50(36-16-6-2-7-17-36)54-51(53-34-35-14-4-1-5-15-35)37-24-28-41(29-25-37)56-47-23-13-11-21-43(47)45-33-39(27-31-49(45)56)38-26-30-48-44(32-38)42-20-10-12-22-46(42)55(48)40-18-8-3-9-19-40/h1-34,52H. The SMILES string of the molecule is N=C(N=C(N=Cc1ccccc1)c1ccc(-n2c3ccccc3c3cc(-c4ccc5c(c4)c4ccccc4n5-c4ccccc4)ccc32)cc1)c1ccccc1. The zero-order valence-corrected chi connectivity index (χ0v) is 30.4. The smallest absolute Gasteiger partial charge is 0.161 e. The van der Waals surface area contributed by atoms with Gasteiger partial charge in [0.05, 0.1) is 22.1 Å². The number of fused-ring (bicyclic) bond motifs is 6. The largest absolute Gasteiger partial charge is 0.309 e. The number of nitrogens with one attached hydrogen (secondary N) is 1. The van der Waals surface area contributed by atoms with Crippen molar-refractivity contribution in [3.05, 3.63) is 217 Å². The zero-order chi connectivity index (χ0) is 37.4. The topological polar surface area (TPSA) is 58.4 Å². The highest BCUT2D eigenvalue weighted by Crippen LogP contribution is 2.38. The van der Waals surface area contributed by atoms with Crippen LogP contribution in [0.4, 0.5) is 0 Å². The van der Waals surface area contributed by atoms with Crippen molar-refractivity contribution in [2.45, 2.75) is 0 Å². The van der Waals surface area contributed by atoms with E-state index in [1.54, 1.807) is 6.21 Å². The molecule has 10 rings (SSSR count). The summed E-state index contributed by atoms with van der Waals surface area (Å²) in [6.45, 7) is 0. The Kier molecular flexibility index (Phi) is 8.23. The molecule has 0 saturated carbocycles. The van der Waals surface area contributed by atoms with Crippen LogP contribution in [0, 0.1) is 5.41 Å². The minimum Gasteiger partial charge on any atom is -0.309 e. The molecule has 8 aromatic carbocycles. The van der Waals surface area contributed by atoms with Crippen LogP contribution in [0.15, 0.2) is 210 Å². The van der Waals surface area contributed by atoms with Gasteiger partial charge in [-0.3, -0.25) is 5.41 Å². The normalized spacial score (nSPS) is 12.0. The number of nitrogens with zero attached hydrogens (tertiary/aromatic N) is 4. The summed E-state index contributed by atoms with van der Waals surface area (Å²) < 4.78 is 4.68. The van der Waals surface area contributed by atoms with E-state index in [1.807, 2.05) is 72.8 Å². The molecule has 0 radical (unpaired) electrons. The van der Waals surface area contributed by atoms with Crippen LogP contribution in [0.25, 0.3) is 66.1 Å². The number of hydrogen-bond acceptors (Lipinski definition) is 1. The average molecular weight is 718 g/mol. The number of amidine groups is 2. The molecule has 5 heteroatoms. The molecular weight excluding hydrogens is 683 g/mol. The number of hydrogen-bond donors (Lipinski definition) is 1. The van der Waals surface area contributed by atoms with Gasteiger partial charge in [0.1, 0.15) is 0 Å². The van der Waals surface area contributed by atoms with E-state index in [0.29, 0.717) is 5.84 Å². The molecule has 0 unspecified atom stereocenters. The van der Waals surface area contributed by atoms with Gasteiger partial charge in [-0.1, -0.05) is 127 Å². The van der Waals surface area contributed by atoms with Crippen LogP contribution < -0.4 is 0 Å². The fourth-order valence-corrected chi connectivity index (χ4v) is 7.81. The van der Waals surface area contributed by atoms with Crippen molar-refractivity contribution < 1.29 is 0 Å². The predicted octanol–water partition coefficient (Wildman–Crippen LogP) is 12.4. The molecule has 2 heterocycles. The lowest BCUT2D eigenvalue weighted by atomic mass is 10.0. The van der Waals surface area contributed by atoms with Crippen LogP contribution >= 0.6 is 0 Å². The van der Waals surface area contributed by atoms with E-state index in [2.05, 4.69) is 137 Å². The van der Waals surface area contributed by atoms with Crippen molar-refractivity contribution in [2.24, 2.45) is 9.98 Å². The molecule has 0 atom stereocenters. The first-order chi connectivity index (χ1) is 27.7. The Morgan fingerprint density at radius 3 is 1.45 bits per heavy atom. The zero-order valence-electron chi connectivity index (χ0n) is 30.4. The summed E-state index contributed by atoms with van der Waals surface area (Å²) >= 11 is 0. The maximum atomic E-state index is 8.75. The molecule has 264 valence electrons. The number of aliphatic imine (C=N–C) groups is 2. The third kappa shape index (κ3) is 5.88. The number of benzene rings is 8. The second-order valence-electron chi connectivity index (χ2n) is 13.9. The highest BCUT2D eigenvalue weighted by molar-refractivity contribution is 6.14. The monoisotopic (exact) mass is 717 g/mol. The number of para-hydroxylation sites is 3. The fraction of sp³-hybridized carbons (Fsp3) is 0. The minimum atomic E-state index is 0.161. The molecule has 1 N–H and O–H groups in total. The van der Waals surface area contributed by atoms with Gasteiger partial charge in [-0.15, -0.1) is 0 Å². The quantitative estimate of drug-likeness (QED) is 0.132. The van der Waals surface area contributed by atoms with Crippen LogP contribution in [0.3, 0.4) is 0 Å². The molecule has 0 spiro atoms. The third-order valence-corrected chi connectivity index (χ3v) is 10.5. The van der Waals surface area contributed by atoms with E-state index in [1.165, 1.54) is 43.7 Å². The first-order valence-corrected chi connectivity index (χ1v) is 18.7. The average Bonchev–Trinajstić information content (AvgIpc) is 3.78. The lowest BCUT2D eigenvalue weighted by molar-refractivity contribution is 1.18. The summed E-state index contributed by atoms with van der Waals surface area (Å²) in [5, 5.41) is 13.6. The van der Waals surface area contributed by atoms with E-state index in [4.69, 9.17) is 15.4 Å². The van der Waals surface area contributed by atoms with Gasteiger partial charge in [-0.2, -0.15) is 0 Å². The van der Waals surface area contributed by atoms with E-state index < -0.39 is 0 Å². The van der Waals surface area contributed by atoms with Crippen LogP contribution in [-0.2, 0) is 0 Å². The molecule has 0 fully saturated rings. The Labute approximate surface area is 324 Å². The van der Waals surface area contributed by atoms with Gasteiger partial charge in [0.15, 0.2) is 11.7 Å². The lowest BCUT2D eigenvalue weighted by Gasteiger charge is -2.10. The Bertz CT molecular complexity index is 3120. The summed E-state index contributed by atoms with van der Waals surface area (Å²) in [5.74, 6) is 0.638. The van der Waals surface area contributed by atoms with Crippen LogP contribution in [0.5, 0.6) is 0 Å². The highest BCUT2D eigenvalue weighted by atomic mass is 15.0. The lowest BCUT2D eigenvalue weighted by Crippen LogP contribution is -2.05. The van der Waals surface area contributed by atoms with Gasteiger partial charge in [-0.25, -0.2) is 9.98 Å². The fourth-order valence-electron chi connectivity index (χ4n) is 7.81. The summed E-state index contributed by atoms with van der Waals surface area (Å²) in [5.41, 5.74) is 11.7. The number of rotatable bonds is 6. The van der Waals surface area contributed by atoms with Crippen molar-refractivity contribution in [2.75, 3.05) is 0 Å². The molecule has 0 aliphatic rings. The van der Waals surface area contributed by atoms with Gasteiger partial charge in [-0.05, 0) is 89.5 Å². The molecule has 56 heavy (non-hydrogen) atoms. The Morgan fingerprint density at radius 1 is 0.411 bits per heavy atom. The van der Waals surface area contributed by atoms with Gasteiger partial charge in [0.2, 0.25) is 0 Å². The molecule has 2 aromatic heterocycles. The summed E-state index contributed by atoms with van der Waals surface area (Å²) in [6.07, 6.45) is 1.80. The highest BCUT2D eigenvalue weighted by Gasteiger charge is 2.16. The number of aromatic nitrogens is 2. The minimum absolute atomic E-state index is 0.161. The van der Waals surface area contributed by atoms with Gasteiger partial charge < -0.3 is 9.13 Å². The molecule has 0 aliphatic carbocycles. The second kappa shape index (κ2) is 14.0. The van der Waals surface area contributed by atoms with Crippen molar-refractivity contribution in [3.8, 4) is 22.5 Å². The predicted molar refractivity (Wildman–Crippen MR) is 234 cm³/mol.